The van der Waals surface area contributed by atoms with Gasteiger partial charge in [0.25, 0.3) is 0 Å². The van der Waals surface area contributed by atoms with E-state index in [0.717, 1.165) is 24.3 Å². The summed E-state index contributed by atoms with van der Waals surface area (Å²) in [6.45, 7) is 17.3. The van der Waals surface area contributed by atoms with Gasteiger partial charge in [-0.25, -0.2) is 0 Å². The molecule has 0 saturated carbocycles. The Hall–Kier alpha value is 0.894. The minimum absolute atomic E-state index is 0.152. The van der Waals surface area contributed by atoms with Gasteiger partial charge in [0.2, 0.25) is 0 Å². The first kappa shape index (κ1) is 51.0. The van der Waals surface area contributed by atoms with Crippen LogP contribution in [0.15, 0.2) is 0 Å². The fourth-order valence-corrected chi connectivity index (χ4v) is 14.4. The van der Waals surface area contributed by atoms with Crippen LogP contribution in [0.25, 0.3) is 0 Å². The first-order valence-corrected chi connectivity index (χ1v) is 29.1. The topological polar surface area (TPSA) is 43.4 Å². The number of rotatable bonds is 35. The molecule has 54 heavy (non-hydrogen) atoms. The molecule has 2 saturated heterocycles. The number of ether oxygens (including phenoxy) is 4. The summed E-state index contributed by atoms with van der Waals surface area (Å²) in [7, 11) is 3.93. The molecule has 2 fully saturated rings. The van der Waals surface area contributed by atoms with Gasteiger partial charge in [0.15, 0.2) is 0 Å². The molecule has 0 aromatic heterocycles. The van der Waals surface area contributed by atoms with E-state index < -0.39 is 0 Å². The van der Waals surface area contributed by atoms with E-state index in [1.54, 1.807) is 0 Å². The molecule has 4 atom stereocenters. The van der Waals surface area contributed by atoms with Crippen LogP contribution in [0.3, 0.4) is 0 Å². The summed E-state index contributed by atoms with van der Waals surface area (Å²) in [6.07, 6.45) is 35.3. The van der Waals surface area contributed by atoms with Crippen molar-refractivity contribution in [2.75, 3.05) is 64.5 Å². The van der Waals surface area contributed by atoms with E-state index in [2.05, 4.69) is 58.4 Å². The van der Waals surface area contributed by atoms with E-state index in [-0.39, 0.29) is 19.4 Å². The van der Waals surface area contributed by atoms with Gasteiger partial charge in [-0.15, -0.1) is 0 Å². The van der Waals surface area contributed by atoms with Gasteiger partial charge >= 0.3 is 0 Å². The minimum Gasteiger partial charge on any atom is -0.355 e. The second-order valence-electron chi connectivity index (χ2n) is 17.2. The van der Waals surface area contributed by atoms with Crippen molar-refractivity contribution in [3.63, 3.8) is 0 Å². The summed E-state index contributed by atoms with van der Waals surface area (Å²) in [5, 5.41) is 0. The molecule has 2 heterocycles. The normalized spacial score (nSPS) is 23.1. The summed E-state index contributed by atoms with van der Waals surface area (Å²) in [6, 6.07) is 0. The molecule has 2 rings (SSSR count). The summed E-state index contributed by atoms with van der Waals surface area (Å²) in [5.74, 6) is 2.57. The van der Waals surface area contributed by atoms with Crippen molar-refractivity contribution in [2.45, 2.75) is 218 Å². The van der Waals surface area contributed by atoms with Crippen LogP contribution in [0.4, 0.5) is 0 Å². The highest BCUT2D eigenvalue weighted by atomic mass is 33.1. The standard InChI is InChI=1S/C44H92N2O4S2Si2/c1-5-7-9-11-13-15-17-19-21-35-47-39-49-43-27-25-41(3)53-45(33-29-43)31-23-37-51-52-38-24-32-46-34-30-44(28-26-42(4)54-46)50-40-48-36-22-20-18-16-14-12-10-8-6-2/h41-44H,5-40,53-54H2,1-4H3. The highest BCUT2D eigenvalue weighted by molar-refractivity contribution is 8.76. The third-order valence-corrected chi connectivity index (χ3v) is 18.6. The molecule has 0 amide bonds. The lowest BCUT2D eigenvalue weighted by Crippen LogP contribution is -2.37. The van der Waals surface area contributed by atoms with Crippen LogP contribution in [0, 0.1) is 0 Å². The third kappa shape index (κ3) is 30.9. The summed E-state index contributed by atoms with van der Waals surface area (Å²) in [5.41, 5.74) is 1.78. The van der Waals surface area contributed by atoms with Crippen LogP contribution in [0.2, 0.25) is 11.1 Å². The zero-order chi connectivity index (χ0) is 38.6. The molecule has 0 bridgehead atoms. The molecular formula is C44H92N2O4S2Si2. The first-order valence-electron chi connectivity index (χ1n) is 23.7. The monoisotopic (exact) mass is 833 g/mol. The van der Waals surface area contributed by atoms with Crippen LogP contribution in [-0.4, -0.2) is 105 Å². The SMILES string of the molecule is CCCCCCCCCCCOCOC1CCC(C)[SiH2]N(CCCSSCCCN2CCC(OCOCCCCCCCCCCC)CCC(C)[SiH2]2)CC1. The van der Waals surface area contributed by atoms with Crippen LogP contribution in [0.5, 0.6) is 0 Å². The quantitative estimate of drug-likeness (QED) is 0.0271. The molecule has 0 aromatic carbocycles. The van der Waals surface area contributed by atoms with Crippen molar-refractivity contribution in [1.29, 1.82) is 0 Å². The Morgan fingerprint density at radius 3 is 1.22 bits per heavy atom. The maximum absolute atomic E-state index is 6.24. The smallest absolute Gasteiger partial charge is 0.147 e. The number of nitrogens with zero attached hydrogens (tertiary/aromatic N) is 2. The van der Waals surface area contributed by atoms with E-state index in [9.17, 15) is 0 Å². The van der Waals surface area contributed by atoms with Gasteiger partial charge in [0, 0.05) is 24.7 Å². The lowest BCUT2D eigenvalue weighted by Gasteiger charge is -2.31. The maximum atomic E-state index is 6.24. The number of hydrogen-bond acceptors (Lipinski definition) is 8. The van der Waals surface area contributed by atoms with Gasteiger partial charge in [-0.3, -0.25) is 0 Å². The van der Waals surface area contributed by atoms with Crippen LogP contribution in [0.1, 0.15) is 195 Å². The number of hydrogen-bond donors (Lipinski definition) is 0. The Bertz CT molecular complexity index is 733. The fraction of sp³-hybridized carbons (Fsp3) is 1.00. The molecule has 0 radical (unpaired) electrons. The van der Waals surface area contributed by atoms with Crippen molar-refractivity contribution in [3.05, 3.63) is 0 Å². The number of unbranched alkanes of at least 4 members (excludes halogenated alkanes) is 16. The molecule has 2 aliphatic rings. The van der Waals surface area contributed by atoms with Gasteiger partial charge in [-0.1, -0.05) is 152 Å². The third-order valence-electron chi connectivity index (χ3n) is 11.7. The van der Waals surface area contributed by atoms with E-state index in [1.807, 2.05) is 0 Å². The van der Waals surface area contributed by atoms with Crippen LogP contribution < -0.4 is 0 Å². The molecule has 4 unspecified atom stereocenters. The predicted octanol–water partition coefficient (Wildman–Crippen LogP) is 11.7. The molecule has 0 aromatic rings. The Morgan fingerprint density at radius 1 is 0.463 bits per heavy atom. The Kier molecular flexibility index (Phi) is 36.0. The van der Waals surface area contributed by atoms with Crippen molar-refractivity contribution in [2.24, 2.45) is 0 Å². The second kappa shape index (κ2) is 38.1. The van der Waals surface area contributed by atoms with Gasteiger partial charge in [0.1, 0.15) is 13.6 Å². The van der Waals surface area contributed by atoms with Crippen LogP contribution >= 0.6 is 21.6 Å². The van der Waals surface area contributed by atoms with E-state index in [4.69, 9.17) is 18.9 Å². The van der Waals surface area contributed by atoms with Gasteiger partial charge in [-0.2, -0.15) is 0 Å². The Labute approximate surface area is 349 Å². The molecule has 0 spiro atoms. The van der Waals surface area contributed by atoms with E-state index in [1.165, 1.54) is 205 Å². The molecule has 2 aliphatic heterocycles. The molecule has 0 aliphatic carbocycles. The first-order chi connectivity index (χ1) is 26.6. The van der Waals surface area contributed by atoms with Gasteiger partial charge in [0.05, 0.1) is 31.6 Å². The molecule has 6 nitrogen and oxygen atoms in total. The van der Waals surface area contributed by atoms with Crippen molar-refractivity contribution < 1.29 is 18.9 Å². The maximum Gasteiger partial charge on any atom is 0.147 e. The fourth-order valence-electron chi connectivity index (χ4n) is 8.12. The minimum atomic E-state index is -0.152. The largest absolute Gasteiger partial charge is 0.355 e. The van der Waals surface area contributed by atoms with E-state index >= 15 is 0 Å². The zero-order valence-corrected chi connectivity index (χ0v) is 41.0. The molecule has 0 N–H and O–H groups in total. The summed E-state index contributed by atoms with van der Waals surface area (Å²) in [4.78, 5) is 0. The second-order valence-corrected chi connectivity index (χ2v) is 25.2. The zero-order valence-electron chi connectivity index (χ0n) is 36.5. The van der Waals surface area contributed by atoms with Crippen molar-refractivity contribution in [3.8, 4) is 0 Å². The van der Waals surface area contributed by atoms with Crippen molar-refractivity contribution in [1.82, 2.24) is 9.13 Å². The molecule has 10 heteroatoms. The van der Waals surface area contributed by atoms with Gasteiger partial charge < -0.3 is 28.1 Å². The Balaban J connectivity index is 1.43. The van der Waals surface area contributed by atoms with E-state index in [0.29, 0.717) is 25.8 Å². The summed E-state index contributed by atoms with van der Waals surface area (Å²) >= 11 is 0. The predicted molar refractivity (Wildman–Crippen MR) is 247 cm³/mol. The highest BCUT2D eigenvalue weighted by Crippen LogP contribution is 2.26. The average Bonchev–Trinajstić information content (AvgIpc) is 3.16. The average molecular weight is 834 g/mol. The highest BCUT2D eigenvalue weighted by Gasteiger charge is 2.21. The van der Waals surface area contributed by atoms with Crippen LogP contribution in [-0.2, 0) is 18.9 Å². The van der Waals surface area contributed by atoms with Crippen molar-refractivity contribution >= 4 is 41.0 Å². The lowest BCUT2D eigenvalue weighted by molar-refractivity contribution is -0.0960. The lowest BCUT2D eigenvalue weighted by atomic mass is 10.1. The summed E-state index contributed by atoms with van der Waals surface area (Å²) < 4.78 is 30.0. The molecular weight excluding hydrogens is 741 g/mol. The van der Waals surface area contributed by atoms with Gasteiger partial charge in [-0.05, 0) is 101 Å². The Morgan fingerprint density at radius 2 is 0.833 bits per heavy atom. The molecule has 322 valence electrons.